The number of hydrogen-bond donors (Lipinski definition) is 2. The zero-order valence-electron chi connectivity index (χ0n) is 7.88. The molecule has 13 heavy (non-hydrogen) atoms. The van der Waals surface area contributed by atoms with E-state index in [2.05, 4.69) is 11.3 Å². The lowest BCUT2D eigenvalue weighted by Gasteiger charge is -2.23. The topological polar surface area (TPSA) is 75.6 Å². The highest BCUT2D eigenvalue weighted by Gasteiger charge is 2.26. The summed E-state index contributed by atoms with van der Waals surface area (Å²) in [5.74, 6) is -3.25. The first-order chi connectivity index (χ1) is 5.74. The molecule has 0 saturated carbocycles. The molecule has 5 nitrogen and oxygen atoms in total. The second-order valence-electron chi connectivity index (χ2n) is 2.83. The first kappa shape index (κ1) is 11.6. The van der Waals surface area contributed by atoms with E-state index in [0.717, 1.165) is 6.92 Å². The molecule has 0 aromatic heterocycles. The van der Waals surface area contributed by atoms with Crippen LogP contribution in [0.25, 0.3) is 0 Å². The molecule has 0 bridgehead atoms. The van der Waals surface area contributed by atoms with Crippen molar-refractivity contribution in [3.8, 4) is 0 Å². The number of esters is 1. The van der Waals surface area contributed by atoms with Gasteiger partial charge in [-0.3, -0.25) is 10.1 Å². The molecule has 0 aliphatic rings. The molecule has 0 aromatic rings. The summed E-state index contributed by atoms with van der Waals surface area (Å²) in [4.78, 5) is 21.4. The van der Waals surface area contributed by atoms with Gasteiger partial charge in [0.05, 0.1) is 0 Å². The Labute approximate surface area is 76.4 Å². The van der Waals surface area contributed by atoms with Crippen LogP contribution in [-0.4, -0.2) is 22.9 Å². The van der Waals surface area contributed by atoms with E-state index in [9.17, 15) is 14.7 Å². The van der Waals surface area contributed by atoms with Crippen LogP contribution in [0.5, 0.6) is 0 Å². The summed E-state index contributed by atoms with van der Waals surface area (Å²) < 4.78 is 4.50. The van der Waals surface area contributed by atoms with Gasteiger partial charge in [0.25, 0.3) is 5.91 Å². The number of carbonyl (C=O) groups excluding carboxylic acids is 2. The molecule has 0 rings (SSSR count). The number of carbonyl (C=O) groups is 2. The Morgan fingerprint density at radius 1 is 1.46 bits per heavy atom. The van der Waals surface area contributed by atoms with Crippen LogP contribution in [-0.2, 0) is 14.3 Å². The molecule has 0 saturated heterocycles. The zero-order chi connectivity index (χ0) is 10.6. The zero-order valence-corrected chi connectivity index (χ0v) is 7.88. The van der Waals surface area contributed by atoms with Crippen LogP contribution >= 0.6 is 0 Å². The highest BCUT2D eigenvalue weighted by molar-refractivity contribution is 5.87. The monoisotopic (exact) mass is 187 g/mol. The Kier molecular flexibility index (Phi) is 3.62. The van der Waals surface area contributed by atoms with Gasteiger partial charge >= 0.3 is 5.97 Å². The molecular weight excluding hydrogens is 174 g/mol. The highest BCUT2D eigenvalue weighted by Crippen LogP contribution is 2.04. The standard InChI is InChI=1S/C8H13NO4/c1-5(2)7(11)13-8(4,12)9-6(3)10/h12H,1H2,2-4H3,(H,9,10). The lowest BCUT2D eigenvalue weighted by molar-refractivity contribution is -0.210. The maximum absolute atomic E-state index is 10.9. The molecular formula is C8H13NO4. The van der Waals surface area contributed by atoms with Crippen molar-refractivity contribution in [3.63, 3.8) is 0 Å². The lowest BCUT2D eigenvalue weighted by Crippen LogP contribution is -2.48. The molecule has 1 unspecified atom stereocenters. The maximum Gasteiger partial charge on any atom is 0.336 e. The molecule has 0 aliphatic carbocycles. The first-order valence-corrected chi connectivity index (χ1v) is 3.64. The van der Waals surface area contributed by atoms with Gasteiger partial charge in [-0.2, -0.15) is 0 Å². The van der Waals surface area contributed by atoms with E-state index in [1.807, 2.05) is 5.32 Å². The minimum absolute atomic E-state index is 0.144. The van der Waals surface area contributed by atoms with Crippen molar-refractivity contribution in [2.75, 3.05) is 0 Å². The lowest BCUT2D eigenvalue weighted by atomic mass is 10.3. The number of nitrogens with one attached hydrogen (secondary N) is 1. The summed E-state index contributed by atoms with van der Waals surface area (Å²) in [5, 5.41) is 11.3. The van der Waals surface area contributed by atoms with Crippen LogP contribution in [0.1, 0.15) is 20.8 Å². The molecule has 0 aromatic carbocycles. The van der Waals surface area contributed by atoms with Gasteiger partial charge in [-0.1, -0.05) is 6.58 Å². The predicted molar refractivity (Wildman–Crippen MR) is 45.3 cm³/mol. The number of rotatable bonds is 3. The van der Waals surface area contributed by atoms with Gasteiger partial charge < -0.3 is 9.84 Å². The van der Waals surface area contributed by atoms with Crippen LogP contribution in [0.15, 0.2) is 12.2 Å². The Hall–Kier alpha value is -1.36. The Balaban J connectivity index is 4.24. The number of aliphatic hydroxyl groups is 1. The van der Waals surface area contributed by atoms with Crippen LogP contribution < -0.4 is 5.32 Å². The molecule has 0 spiro atoms. The second kappa shape index (κ2) is 4.04. The van der Waals surface area contributed by atoms with E-state index in [1.165, 1.54) is 13.8 Å². The molecule has 1 amide bonds. The van der Waals surface area contributed by atoms with E-state index in [4.69, 9.17) is 0 Å². The third-order valence-corrected chi connectivity index (χ3v) is 1.05. The van der Waals surface area contributed by atoms with Gasteiger partial charge in [0.1, 0.15) is 0 Å². The number of hydrogen-bond acceptors (Lipinski definition) is 4. The first-order valence-electron chi connectivity index (χ1n) is 3.64. The minimum Gasteiger partial charge on any atom is -0.411 e. The van der Waals surface area contributed by atoms with Crippen LogP contribution in [0.3, 0.4) is 0 Å². The van der Waals surface area contributed by atoms with Gasteiger partial charge in [-0.05, 0) is 6.92 Å². The van der Waals surface area contributed by atoms with Crippen LogP contribution in [0.4, 0.5) is 0 Å². The molecule has 1 atom stereocenters. The Morgan fingerprint density at radius 3 is 2.23 bits per heavy atom. The summed E-state index contributed by atoms with van der Waals surface area (Å²) in [7, 11) is 0. The van der Waals surface area contributed by atoms with E-state index < -0.39 is 17.8 Å². The average molecular weight is 187 g/mol. The van der Waals surface area contributed by atoms with Gasteiger partial charge in [0.15, 0.2) is 0 Å². The second-order valence-corrected chi connectivity index (χ2v) is 2.83. The van der Waals surface area contributed by atoms with E-state index in [-0.39, 0.29) is 5.57 Å². The van der Waals surface area contributed by atoms with Crippen molar-refractivity contribution < 1.29 is 19.4 Å². The SMILES string of the molecule is C=C(C)C(=O)OC(C)(O)NC(C)=O. The summed E-state index contributed by atoms with van der Waals surface area (Å²) >= 11 is 0. The fraction of sp³-hybridized carbons (Fsp3) is 0.500. The van der Waals surface area contributed by atoms with Gasteiger partial charge in [0, 0.05) is 19.4 Å². The molecule has 0 radical (unpaired) electrons. The Bertz CT molecular complexity index is 245. The van der Waals surface area contributed by atoms with Crippen LogP contribution in [0, 0.1) is 0 Å². The van der Waals surface area contributed by atoms with Crippen molar-refractivity contribution in [1.82, 2.24) is 5.32 Å². The van der Waals surface area contributed by atoms with Crippen molar-refractivity contribution in [2.24, 2.45) is 0 Å². The molecule has 74 valence electrons. The molecule has 5 heteroatoms. The number of amides is 1. The van der Waals surface area contributed by atoms with Gasteiger partial charge in [0.2, 0.25) is 5.91 Å². The van der Waals surface area contributed by atoms with E-state index in [0.29, 0.717) is 0 Å². The van der Waals surface area contributed by atoms with E-state index in [1.54, 1.807) is 0 Å². The Morgan fingerprint density at radius 2 is 1.92 bits per heavy atom. The van der Waals surface area contributed by atoms with Crippen molar-refractivity contribution in [3.05, 3.63) is 12.2 Å². The number of ether oxygens (including phenoxy) is 1. The highest BCUT2D eigenvalue weighted by atomic mass is 16.7. The van der Waals surface area contributed by atoms with Gasteiger partial charge in [-0.15, -0.1) is 0 Å². The average Bonchev–Trinajstić information content (AvgIpc) is 1.81. The third-order valence-electron chi connectivity index (χ3n) is 1.05. The summed E-state index contributed by atoms with van der Waals surface area (Å²) in [5.41, 5.74) is 0.144. The summed E-state index contributed by atoms with van der Waals surface area (Å²) in [6.45, 7) is 7.10. The molecule has 0 fully saturated rings. The quantitative estimate of drug-likeness (QED) is 0.368. The summed E-state index contributed by atoms with van der Waals surface area (Å²) in [6.07, 6.45) is 0. The summed E-state index contributed by atoms with van der Waals surface area (Å²) in [6, 6.07) is 0. The molecule has 0 heterocycles. The van der Waals surface area contributed by atoms with Crippen LogP contribution in [0.2, 0.25) is 0 Å². The predicted octanol–water partition coefficient (Wildman–Crippen LogP) is -0.0922. The maximum atomic E-state index is 10.9. The smallest absolute Gasteiger partial charge is 0.336 e. The fourth-order valence-electron chi connectivity index (χ4n) is 0.620. The fourth-order valence-corrected chi connectivity index (χ4v) is 0.620. The van der Waals surface area contributed by atoms with Crippen molar-refractivity contribution in [2.45, 2.75) is 26.7 Å². The molecule has 2 N–H and O–H groups in total. The normalized spacial score (nSPS) is 14.2. The van der Waals surface area contributed by atoms with Gasteiger partial charge in [-0.25, -0.2) is 4.79 Å². The molecule has 0 aliphatic heterocycles. The van der Waals surface area contributed by atoms with Crippen molar-refractivity contribution >= 4 is 11.9 Å². The van der Waals surface area contributed by atoms with E-state index >= 15 is 0 Å². The van der Waals surface area contributed by atoms with Crippen molar-refractivity contribution in [1.29, 1.82) is 0 Å². The third kappa shape index (κ3) is 4.97. The largest absolute Gasteiger partial charge is 0.411 e. The minimum atomic E-state index is -1.98.